The van der Waals surface area contributed by atoms with Gasteiger partial charge < -0.3 is 9.47 Å². The highest BCUT2D eigenvalue weighted by Gasteiger charge is 2.51. The van der Waals surface area contributed by atoms with E-state index in [2.05, 4.69) is 61.6 Å². The number of ether oxygens (including phenoxy) is 2. The minimum absolute atomic E-state index is 0.958. The first-order chi connectivity index (χ1) is 11.5. The Labute approximate surface area is 147 Å². The molecule has 0 spiro atoms. The van der Waals surface area contributed by atoms with Gasteiger partial charge in [0.05, 0.1) is 29.4 Å². The largest absolute Gasteiger partial charge is 0.497 e. The van der Waals surface area contributed by atoms with Gasteiger partial charge >= 0.3 is 0 Å². The third-order valence-electron chi connectivity index (χ3n) is 6.28. The van der Waals surface area contributed by atoms with Crippen LogP contribution in [0, 0.1) is 0 Å². The van der Waals surface area contributed by atoms with Crippen molar-refractivity contribution in [2.75, 3.05) is 14.2 Å². The summed E-state index contributed by atoms with van der Waals surface area (Å²) in [7, 11) is 0.426. The van der Waals surface area contributed by atoms with Crippen LogP contribution in [0.3, 0.4) is 0 Å². The molecule has 1 fully saturated rings. The van der Waals surface area contributed by atoms with Crippen LogP contribution < -0.4 is 19.8 Å². The molecule has 0 unspecified atom stereocenters. The summed E-state index contributed by atoms with van der Waals surface area (Å²) in [6, 6.07) is 20.8. The second kappa shape index (κ2) is 6.77. The molecule has 1 heterocycles. The smallest absolute Gasteiger partial charge is 0.118 e. The SMILES string of the molecule is COc1ccc([Si@]2(C)CCCC[Si@@]2(C)c2ccc(OC)cc2)cc1. The summed E-state index contributed by atoms with van der Waals surface area (Å²) in [6.45, 7) is 5.26. The molecule has 0 aliphatic carbocycles. The molecule has 0 amide bonds. The summed E-state index contributed by atoms with van der Waals surface area (Å²) < 4.78 is 10.7. The van der Waals surface area contributed by atoms with Crippen molar-refractivity contribution in [3.63, 3.8) is 0 Å². The van der Waals surface area contributed by atoms with E-state index in [0.29, 0.717) is 0 Å². The van der Waals surface area contributed by atoms with Gasteiger partial charge in [0, 0.05) is 0 Å². The van der Waals surface area contributed by atoms with Gasteiger partial charge in [-0.1, -0.05) is 72.7 Å². The van der Waals surface area contributed by atoms with Gasteiger partial charge in [0.15, 0.2) is 0 Å². The molecule has 2 aromatic carbocycles. The zero-order valence-electron chi connectivity index (χ0n) is 15.3. The predicted molar refractivity (Wildman–Crippen MR) is 107 cm³/mol. The summed E-state index contributed by atoms with van der Waals surface area (Å²) >= 11 is 0. The van der Waals surface area contributed by atoms with Crippen LogP contribution in [-0.2, 0) is 0 Å². The Morgan fingerprint density at radius 2 is 0.958 bits per heavy atom. The molecule has 0 saturated carbocycles. The van der Waals surface area contributed by atoms with Crippen molar-refractivity contribution in [3.05, 3.63) is 48.5 Å². The molecule has 0 radical (unpaired) electrons. The number of rotatable bonds is 4. The fraction of sp³-hybridized carbons (Fsp3) is 0.400. The number of benzene rings is 2. The summed E-state index contributed by atoms with van der Waals surface area (Å²) in [6.07, 6.45) is 2.76. The fourth-order valence-electron chi connectivity index (χ4n) is 4.35. The molecule has 2 atom stereocenters. The third-order valence-corrected chi connectivity index (χ3v) is 25.2. The standard InChI is InChI=1S/C20H28O2Si2/c1-21-17-7-11-19(12-8-17)23(3)15-5-6-16-24(23,4)20-13-9-18(22-2)10-14-20/h7-14H,5-6,15-16H2,1-4H3/t23-,24-/m0/s1. The Balaban J connectivity index is 2.04. The quantitative estimate of drug-likeness (QED) is 0.775. The lowest BCUT2D eigenvalue weighted by Gasteiger charge is -2.48. The molecule has 1 saturated heterocycles. The molecule has 24 heavy (non-hydrogen) atoms. The highest BCUT2D eigenvalue weighted by Crippen LogP contribution is 2.36. The van der Waals surface area contributed by atoms with Crippen molar-refractivity contribution >= 4 is 25.6 Å². The van der Waals surface area contributed by atoms with Crippen LogP contribution in [0.1, 0.15) is 12.8 Å². The molecule has 0 N–H and O–H groups in total. The summed E-state index contributed by atoms with van der Waals surface area (Å²) in [5, 5.41) is 3.21. The van der Waals surface area contributed by atoms with Gasteiger partial charge in [-0.15, -0.1) is 0 Å². The van der Waals surface area contributed by atoms with Crippen molar-refractivity contribution in [2.24, 2.45) is 0 Å². The monoisotopic (exact) mass is 356 g/mol. The van der Waals surface area contributed by atoms with Gasteiger partial charge in [0.2, 0.25) is 0 Å². The second-order valence-electron chi connectivity index (χ2n) is 7.33. The van der Waals surface area contributed by atoms with E-state index in [1.54, 1.807) is 24.6 Å². The molecule has 1 aliphatic heterocycles. The zero-order chi connectivity index (χ0) is 17.2. The van der Waals surface area contributed by atoms with E-state index in [0.717, 1.165) is 11.5 Å². The maximum Gasteiger partial charge on any atom is 0.118 e. The van der Waals surface area contributed by atoms with Gasteiger partial charge in [-0.3, -0.25) is 0 Å². The van der Waals surface area contributed by atoms with Crippen molar-refractivity contribution in [1.82, 2.24) is 0 Å². The molecule has 128 valence electrons. The minimum Gasteiger partial charge on any atom is -0.497 e. The van der Waals surface area contributed by atoms with Gasteiger partial charge in [0.1, 0.15) is 11.5 Å². The summed E-state index contributed by atoms with van der Waals surface area (Å²) in [4.78, 5) is 0. The number of hydrogen-bond acceptors (Lipinski definition) is 2. The van der Waals surface area contributed by atoms with Crippen LogP contribution in [0.25, 0.3) is 0 Å². The van der Waals surface area contributed by atoms with Crippen LogP contribution in [0.15, 0.2) is 48.5 Å². The number of methoxy groups -OCH3 is 2. The molecular formula is C20H28O2Si2. The highest BCUT2D eigenvalue weighted by molar-refractivity contribution is 7.50. The van der Waals surface area contributed by atoms with E-state index in [1.165, 1.54) is 24.9 Å². The van der Waals surface area contributed by atoms with Gasteiger partial charge in [-0.25, -0.2) is 0 Å². The van der Waals surface area contributed by atoms with Crippen molar-refractivity contribution < 1.29 is 9.47 Å². The molecule has 3 rings (SSSR count). The third kappa shape index (κ3) is 2.82. The Morgan fingerprint density at radius 3 is 1.25 bits per heavy atom. The second-order valence-corrected chi connectivity index (χ2v) is 21.4. The Morgan fingerprint density at radius 1 is 0.625 bits per heavy atom. The first-order valence-electron chi connectivity index (χ1n) is 8.82. The van der Waals surface area contributed by atoms with E-state index in [-0.39, 0.29) is 0 Å². The van der Waals surface area contributed by atoms with Gasteiger partial charge in [0.25, 0.3) is 0 Å². The Bertz CT molecular complexity index is 622. The lowest BCUT2D eigenvalue weighted by molar-refractivity contribution is 0.415. The van der Waals surface area contributed by atoms with Gasteiger partial charge in [-0.2, -0.15) is 0 Å². The topological polar surface area (TPSA) is 18.5 Å². The van der Waals surface area contributed by atoms with Crippen molar-refractivity contribution in [3.8, 4) is 11.5 Å². The van der Waals surface area contributed by atoms with Crippen molar-refractivity contribution in [1.29, 1.82) is 0 Å². The molecule has 1 aliphatic rings. The zero-order valence-corrected chi connectivity index (χ0v) is 17.3. The first-order valence-corrected chi connectivity index (χ1v) is 15.2. The molecule has 0 aromatic heterocycles. The average Bonchev–Trinajstić information content (AvgIpc) is 2.64. The first kappa shape index (κ1) is 17.3. The van der Waals surface area contributed by atoms with Crippen LogP contribution in [0.4, 0.5) is 0 Å². The van der Waals surface area contributed by atoms with E-state index in [4.69, 9.17) is 9.47 Å². The predicted octanol–water partition coefficient (Wildman–Crippen LogP) is 3.85. The van der Waals surface area contributed by atoms with Crippen LogP contribution in [0.2, 0.25) is 25.2 Å². The molecule has 2 aromatic rings. The molecule has 2 nitrogen and oxygen atoms in total. The average molecular weight is 357 g/mol. The van der Waals surface area contributed by atoms with E-state index < -0.39 is 15.2 Å². The normalized spacial score (nSPS) is 26.8. The minimum atomic E-state index is -1.53. The molecular weight excluding hydrogens is 328 g/mol. The van der Waals surface area contributed by atoms with Crippen LogP contribution >= 0.6 is 0 Å². The van der Waals surface area contributed by atoms with Crippen LogP contribution in [-0.4, -0.2) is 29.4 Å². The maximum atomic E-state index is 5.36. The maximum absolute atomic E-state index is 5.36. The number of hydrogen-bond donors (Lipinski definition) is 0. The fourth-order valence-corrected chi connectivity index (χ4v) is 20.2. The van der Waals surface area contributed by atoms with E-state index in [9.17, 15) is 0 Å². The molecule has 4 heteroatoms. The Hall–Kier alpha value is -1.53. The lowest BCUT2D eigenvalue weighted by Crippen LogP contribution is -2.73. The van der Waals surface area contributed by atoms with E-state index in [1.807, 2.05) is 0 Å². The van der Waals surface area contributed by atoms with Gasteiger partial charge in [-0.05, 0) is 24.3 Å². The van der Waals surface area contributed by atoms with E-state index >= 15 is 0 Å². The summed E-state index contributed by atoms with van der Waals surface area (Å²) in [5.74, 6) is 1.92. The van der Waals surface area contributed by atoms with Crippen molar-refractivity contribution in [2.45, 2.75) is 38.0 Å². The highest BCUT2D eigenvalue weighted by atomic mass is 29.3. The molecule has 0 bridgehead atoms. The lowest BCUT2D eigenvalue weighted by atomic mass is 10.3. The summed E-state index contributed by atoms with van der Waals surface area (Å²) in [5.41, 5.74) is 0. The Kier molecular flexibility index (Phi) is 4.88. The van der Waals surface area contributed by atoms with Crippen LogP contribution in [0.5, 0.6) is 11.5 Å².